The minimum Gasteiger partial charge on any atom is -0.313 e. The van der Waals surface area contributed by atoms with Gasteiger partial charge in [-0.1, -0.05) is 0 Å². The van der Waals surface area contributed by atoms with E-state index in [1.165, 1.54) is 12.1 Å². The molecule has 0 aliphatic carbocycles. The summed E-state index contributed by atoms with van der Waals surface area (Å²) in [5, 5.41) is 14.4. The molecule has 0 aliphatic heterocycles. The molecule has 6 heteroatoms. The minimum absolute atomic E-state index is 0.260. The van der Waals surface area contributed by atoms with Crippen molar-refractivity contribution in [2.75, 3.05) is 7.05 Å². The normalized spacial score (nSPS) is 10.7. The molecule has 0 amide bonds. The number of halogens is 1. The summed E-state index contributed by atoms with van der Waals surface area (Å²) < 4.78 is 14.6. The van der Waals surface area contributed by atoms with Gasteiger partial charge in [-0.15, -0.1) is 5.10 Å². The summed E-state index contributed by atoms with van der Waals surface area (Å²) in [7, 11) is 1.82. The number of aromatic nitrogens is 4. The predicted octanol–water partition coefficient (Wildman–Crippen LogP) is 0.829. The number of benzene rings is 1. The van der Waals surface area contributed by atoms with E-state index in [0.717, 1.165) is 11.3 Å². The Morgan fingerprint density at radius 2 is 2.25 bits per heavy atom. The van der Waals surface area contributed by atoms with Crippen LogP contribution < -0.4 is 5.32 Å². The molecule has 0 saturated carbocycles. The van der Waals surface area contributed by atoms with E-state index in [1.807, 2.05) is 14.0 Å². The first kappa shape index (κ1) is 10.7. The summed E-state index contributed by atoms with van der Waals surface area (Å²) in [6, 6.07) is 4.52. The molecule has 1 aromatic carbocycles. The monoisotopic (exact) mass is 221 g/mol. The lowest BCUT2D eigenvalue weighted by molar-refractivity contribution is 0.624. The zero-order valence-electron chi connectivity index (χ0n) is 9.11. The first-order chi connectivity index (χ1) is 7.72. The van der Waals surface area contributed by atoms with E-state index in [4.69, 9.17) is 0 Å². The Bertz CT molecular complexity index is 494. The summed E-state index contributed by atoms with van der Waals surface area (Å²) in [6.07, 6.45) is 0. The van der Waals surface area contributed by atoms with Gasteiger partial charge in [0.05, 0.1) is 12.2 Å². The van der Waals surface area contributed by atoms with E-state index in [0.29, 0.717) is 12.4 Å². The Morgan fingerprint density at radius 1 is 1.44 bits per heavy atom. The van der Waals surface area contributed by atoms with Crippen molar-refractivity contribution in [3.05, 3.63) is 35.4 Å². The molecule has 16 heavy (non-hydrogen) atoms. The molecular weight excluding hydrogens is 209 g/mol. The zero-order chi connectivity index (χ0) is 11.5. The van der Waals surface area contributed by atoms with Gasteiger partial charge in [0.25, 0.3) is 0 Å². The largest absolute Gasteiger partial charge is 0.313 e. The molecule has 2 rings (SSSR count). The van der Waals surface area contributed by atoms with E-state index < -0.39 is 0 Å². The fourth-order valence-electron chi connectivity index (χ4n) is 1.52. The third-order valence-corrected chi connectivity index (χ3v) is 2.26. The van der Waals surface area contributed by atoms with E-state index >= 15 is 0 Å². The average molecular weight is 221 g/mol. The van der Waals surface area contributed by atoms with Crippen LogP contribution in [0.15, 0.2) is 18.2 Å². The van der Waals surface area contributed by atoms with Crippen molar-refractivity contribution in [1.29, 1.82) is 0 Å². The molecule has 0 atom stereocenters. The molecule has 5 nitrogen and oxygen atoms in total. The molecule has 1 heterocycles. The van der Waals surface area contributed by atoms with Gasteiger partial charge in [0.1, 0.15) is 5.82 Å². The van der Waals surface area contributed by atoms with Crippen LogP contribution in [0.3, 0.4) is 0 Å². The number of tetrazole rings is 1. The molecule has 0 saturated heterocycles. The van der Waals surface area contributed by atoms with E-state index in [2.05, 4.69) is 20.8 Å². The second-order valence-electron chi connectivity index (χ2n) is 3.47. The lowest BCUT2D eigenvalue weighted by Gasteiger charge is -2.07. The lowest BCUT2D eigenvalue weighted by atomic mass is 10.2. The van der Waals surface area contributed by atoms with E-state index in [-0.39, 0.29) is 5.82 Å². The smallest absolute Gasteiger partial charge is 0.170 e. The Balaban J connectivity index is 2.46. The lowest BCUT2D eigenvalue weighted by Crippen LogP contribution is -2.12. The molecule has 0 aliphatic rings. The van der Waals surface area contributed by atoms with Crippen LogP contribution in [-0.4, -0.2) is 27.3 Å². The van der Waals surface area contributed by atoms with E-state index in [9.17, 15) is 4.39 Å². The highest BCUT2D eigenvalue weighted by Gasteiger charge is 2.09. The fourth-order valence-corrected chi connectivity index (χ4v) is 1.52. The Morgan fingerprint density at radius 3 is 2.94 bits per heavy atom. The van der Waals surface area contributed by atoms with Crippen LogP contribution in [0, 0.1) is 12.7 Å². The number of nitrogens with zero attached hydrogens (tertiary/aromatic N) is 4. The van der Waals surface area contributed by atoms with Gasteiger partial charge in [-0.25, -0.2) is 4.39 Å². The third kappa shape index (κ3) is 1.92. The van der Waals surface area contributed by atoms with Crippen LogP contribution in [0.25, 0.3) is 5.69 Å². The Hall–Kier alpha value is -1.82. The summed E-state index contributed by atoms with van der Waals surface area (Å²) in [6.45, 7) is 2.38. The molecule has 0 unspecified atom stereocenters. The minimum atomic E-state index is -0.260. The summed E-state index contributed by atoms with van der Waals surface area (Å²) >= 11 is 0. The first-order valence-corrected chi connectivity index (χ1v) is 4.90. The topological polar surface area (TPSA) is 55.6 Å². The van der Waals surface area contributed by atoms with Gasteiger partial charge < -0.3 is 5.32 Å². The summed E-state index contributed by atoms with van der Waals surface area (Å²) in [5.41, 5.74) is 1.58. The van der Waals surface area contributed by atoms with Crippen LogP contribution in [0.2, 0.25) is 0 Å². The zero-order valence-corrected chi connectivity index (χ0v) is 9.11. The van der Waals surface area contributed by atoms with Crippen LogP contribution in [0.1, 0.15) is 11.4 Å². The molecule has 0 bridgehead atoms. The van der Waals surface area contributed by atoms with Gasteiger partial charge in [0, 0.05) is 0 Å². The van der Waals surface area contributed by atoms with E-state index in [1.54, 1.807) is 10.7 Å². The second kappa shape index (κ2) is 4.36. The first-order valence-electron chi connectivity index (χ1n) is 4.90. The van der Waals surface area contributed by atoms with Crippen LogP contribution in [-0.2, 0) is 6.54 Å². The van der Waals surface area contributed by atoms with Gasteiger partial charge in [-0.2, -0.15) is 4.68 Å². The summed E-state index contributed by atoms with van der Waals surface area (Å²) in [4.78, 5) is 0. The van der Waals surface area contributed by atoms with Crippen molar-refractivity contribution >= 4 is 0 Å². The highest BCUT2D eigenvalue weighted by atomic mass is 19.1. The molecule has 1 aromatic heterocycles. The van der Waals surface area contributed by atoms with Gasteiger partial charge in [-0.05, 0) is 48.2 Å². The van der Waals surface area contributed by atoms with Crippen molar-refractivity contribution in [1.82, 2.24) is 25.5 Å². The maximum absolute atomic E-state index is 13.0. The Kier molecular flexibility index (Phi) is 2.91. The third-order valence-electron chi connectivity index (χ3n) is 2.26. The molecular formula is C10H12FN5. The number of hydrogen-bond donors (Lipinski definition) is 1. The molecule has 84 valence electrons. The quantitative estimate of drug-likeness (QED) is 0.834. The SMILES string of the molecule is CNCc1nnnn1-c1ccc(F)cc1C. The predicted molar refractivity (Wildman–Crippen MR) is 56.6 cm³/mol. The van der Waals surface area contributed by atoms with Gasteiger partial charge in [-0.3, -0.25) is 0 Å². The molecule has 0 fully saturated rings. The van der Waals surface area contributed by atoms with Crippen LogP contribution >= 0.6 is 0 Å². The van der Waals surface area contributed by atoms with Crippen molar-refractivity contribution in [3.8, 4) is 5.69 Å². The second-order valence-corrected chi connectivity index (χ2v) is 3.47. The van der Waals surface area contributed by atoms with Crippen LogP contribution in [0.5, 0.6) is 0 Å². The van der Waals surface area contributed by atoms with Crippen molar-refractivity contribution in [3.63, 3.8) is 0 Å². The maximum atomic E-state index is 13.0. The summed E-state index contributed by atoms with van der Waals surface area (Å²) in [5.74, 6) is 0.432. The highest BCUT2D eigenvalue weighted by molar-refractivity contribution is 5.39. The average Bonchev–Trinajstić information content (AvgIpc) is 2.67. The van der Waals surface area contributed by atoms with Gasteiger partial charge in [0.15, 0.2) is 5.82 Å². The molecule has 2 aromatic rings. The molecule has 0 spiro atoms. The van der Waals surface area contributed by atoms with Gasteiger partial charge >= 0.3 is 0 Å². The standard InChI is InChI=1S/C10H12FN5/c1-7-5-8(11)3-4-9(7)16-10(6-12-2)13-14-15-16/h3-5,12H,6H2,1-2H3. The van der Waals surface area contributed by atoms with Crippen molar-refractivity contribution in [2.24, 2.45) is 0 Å². The maximum Gasteiger partial charge on any atom is 0.170 e. The number of rotatable bonds is 3. The van der Waals surface area contributed by atoms with Crippen molar-refractivity contribution < 1.29 is 4.39 Å². The molecule has 1 N–H and O–H groups in total. The van der Waals surface area contributed by atoms with Crippen molar-refractivity contribution in [2.45, 2.75) is 13.5 Å². The van der Waals surface area contributed by atoms with Gasteiger partial charge in [0.2, 0.25) is 0 Å². The number of aryl methyl sites for hydroxylation is 1. The Labute approximate surface area is 92.3 Å². The fraction of sp³-hybridized carbons (Fsp3) is 0.300. The molecule has 0 radical (unpaired) electrons. The highest BCUT2D eigenvalue weighted by Crippen LogP contribution is 2.14. The van der Waals surface area contributed by atoms with Crippen LogP contribution in [0.4, 0.5) is 4.39 Å². The number of hydrogen-bond acceptors (Lipinski definition) is 4. The number of nitrogens with one attached hydrogen (secondary N) is 1.